The standard InChI is InChI=1S/C20H17N3O2S/c1-25-15-8-6-14(7-9-15)12-19(24)21-17-5-3-2-4-16(17)18-13-23-10-11-26-20(23)22-18/h2-11,13H,12H2,1H3,(H,21,24). The molecule has 0 unspecified atom stereocenters. The number of amides is 1. The van der Waals surface area contributed by atoms with Crippen molar-refractivity contribution >= 4 is 27.9 Å². The Kier molecular flexibility index (Phi) is 4.41. The predicted molar refractivity (Wildman–Crippen MR) is 104 cm³/mol. The Bertz CT molecular complexity index is 1020. The topological polar surface area (TPSA) is 55.6 Å². The fourth-order valence-corrected chi connectivity index (χ4v) is 3.50. The van der Waals surface area contributed by atoms with Gasteiger partial charge >= 0.3 is 0 Å². The minimum Gasteiger partial charge on any atom is -0.497 e. The third-order valence-corrected chi connectivity index (χ3v) is 4.86. The molecular formula is C20H17N3O2S. The molecule has 0 aliphatic rings. The van der Waals surface area contributed by atoms with E-state index in [0.717, 1.165) is 33.2 Å². The summed E-state index contributed by atoms with van der Waals surface area (Å²) in [5.41, 5.74) is 3.45. The van der Waals surface area contributed by atoms with Crippen LogP contribution in [-0.4, -0.2) is 22.4 Å². The number of hydrogen-bond donors (Lipinski definition) is 1. The van der Waals surface area contributed by atoms with Gasteiger partial charge in [-0.15, -0.1) is 11.3 Å². The molecule has 0 fully saturated rings. The number of fused-ring (bicyclic) bond motifs is 1. The highest BCUT2D eigenvalue weighted by Gasteiger charge is 2.12. The number of imidazole rings is 1. The maximum atomic E-state index is 12.5. The molecule has 4 aromatic rings. The molecule has 2 aromatic carbocycles. The summed E-state index contributed by atoms with van der Waals surface area (Å²) < 4.78 is 7.13. The number of para-hydroxylation sites is 1. The Balaban J connectivity index is 1.54. The molecular weight excluding hydrogens is 346 g/mol. The molecule has 130 valence electrons. The van der Waals surface area contributed by atoms with E-state index < -0.39 is 0 Å². The lowest BCUT2D eigenvalue weighted by atomic mass is 10.1. The number of hydrogen-bond acceptors (Lipinski definition) is 4. The van der Waals surface area contributed by atoms with E-state index in [4.69, 9.17) is 4.74 Å². The number of methoxy groups -OCH3 is 1. The molecule has 0 aliphatic carbocycles. The van der Waals surface area contributed by atoms with Crippen molar-refractivity contribution in [3.8, 4) is 17.0 Å². The van der Waals surface area contributed by atoms with Gasteiger partial charge in [-0.05, 0) is 23.8 Å². The van der Waals surface area contributed by atoms with Crippen LogP contribution in [0.25, 0.3) is 16.2 Å². The summed E-state index contributed by atoms with van der Waals surface area (Å²) in [5, 5.41) is 5.00. The predicted octanol–water partition coefficient (Wildman–Crippen LogP) is 4.25. The van der Waals surface area contributed by atoms with Gasteiger partial charge in [0.1, 0.15) is 5.75 Å². The van der Waals surface area contributed by atoms with E-state index in [0.29, 0.717) is 6.42 Å². The summed E-state index contributed by atoms with van der Waals surface area (Å²) >= 11 is 1.58. The first-order valence-electron chi connectivity index (χ1n) is 8.17. The fourth-order valence-electron chi connectivity index (χ4n) is 2.80. The van der Waals surface area contributed by atoms with Gasteiger partial charge in [-0.2, -0.15) is 0 Å². The largest absolute Gasteiger partial charge is 0.497 e. The quantitative estimate of drug-likeness (QED) is 0.577. The van der Waals surface area contributed by atoms with Gasteiger partial charge in [0.05, 0.1) is 24.9 Å². The maximum absolute atomic E-state index is 12.5. The lowest BCUT2D eigenvalue weighted by Crippen LogP contribution is -2.15. The number of anilines is 1. The van der Waals surface area contributed by atoms with Crippen LogP contribution < -0.4 is 10.1 Å². The second-order valence-corrected chi connectivity index (χ2v) is 6.71. The molecule has 6 heteroatoms. The molecule has 0 saturated carbocycles. The average molecular weight is 363 g/mol. The van der Waals surface area contributed by atoms with Crippen molar-refractivity contribution in [1.29, 1.82) is 0 Å². The summed E-state index contributed by atoms with van der Waals surface area (Å²) in [5.74, 6) is 0.711. The van der Waals surface area contributed by atoms with Gasteiger partial charge in [-0.3, -0.25) is 9.20 Å². The number of nitrogens with zero attached hydrogens (tertiary/aromatic N) is 2. The molecule has 26 heavy (non-hydrogen) atoms. The Labute approximate surface area is 154 Å². The number of ether oxygens (including phenoxy) is 1. The van der Waals surface area contributed by atoms with E-state index in [1.807, 2.05) is 70.7 Å². The van der Waals surface area contributed by atoms with Crippen LogP contribution in [0.2, 0.25) is 0 Å². The molecule has 1 amide bonds. The highest BCUT2D eigenvalue weighted by molar-refractivity contribution is 7.15. The van der Waals surface area contributed by atoms with Crippen LogP contribution in [0.4, 0.5) is 5.69 Å². The van der Waals surface area contributed by atoms with Crippen LogP contribution in [0.5, 0.6) is 5.75 Å². The van der Waals surface area contributed by atoms with Gasteiger partial charge in [0.25, 0.3) is 0 Å². The molecule has 2 heterocycles. The summed E-state index contributed by atoms with van der Waals surface area (Å²) in [7, 11) is 1.62. The SMILES string of the molecule is COc1ccc(CC(=O)Nc2ccccc2-c2cn3ccsc3n2)cc1. The fraction of sp³-hybridized carbons (Fsp3) is 0.100. The van der Waals surface area contributed by atoms with E-state index in [9.17, 15) is 4.79 Å². The van der Waals surface area contributed by atoms with Crippen LogP contribution in [0, 0.1) is 0 Å². The molecule has 5 nitrogen and oxygen atoms in total. The lowest BCUT2D eigenvalue weighted by Gasteiger charge is -2.10. The van der Waals surface area contributed by atoms with Crippen LogP contribution in [0.15, 0.2) is 66.3 Å². The molecule has 0 saturated heterocycles. The number of aromatic nitrogens is 2. The van der Waals surface area contributed by atoms with Gasteiger partial charge in [0.15, 0.2) is 4.96 Å². The third kappa shape index (κ3) is 3.32. The Morgan fingerprint density at radius 2 is 2.00 bits per heavy atom. The van der Waals surface area contributed by atoms with E-state index in [2.05, 4.69) is 10.3 Å². The van der Waals surface area contributed by atoms with Crippen molar-refractivity contribution in [2.75, 3.05) is 12.4 Å². The summed E-state index contributed by atoms with van der Waals surface area (Å²) in [6, 6.07) is 15.2. The molecule has 2 aromatic heterocycles. The van der Waals surface area contributed by atoms with E-state index in [1.165, 1.54) is 0 Å². The van der Waals surface area contributed by atoms with Crippen molar-refractivity contribution < 1.29 is 9.53 Å². The first-order valence-corrected chi connectivity index (χ1v) is 9.05. The molecule has 0 atom stereocenters. The number of carbonyl (C=O) groups excluding carboxylic acids is 1. The number of thiazole rings is 1. The van der Waals surface area contributed by atoms with E-state index >= 15 is 0 Å². The van der Waals surface area contributed by atoms with Crippen LogP contribution >= 0.6 is 11.3 Å². The van der Waals surface area contributed by atoms with Gasteiger partial charge in [-0.25, -0.2) is 4.98 Å². The number of benzene rings is 2. The molecule has 1 N–H and O–H groups in total. The number of carbonyl (C=O) groups is 1. The number of nitrogens with one attached hydrogen (secondary N) is 1. The molecule has 0 spiro atoms. The van der Waals surface area contributed by atoms with Crippen molar-refractivity contribution in [2.24, 2.45) is 0 Å². The Morgan fingerprint density at radius 3 is 2.77 bits per heavy atom. The van der Waals surface area contributed by atoms with Gasteiger partial charge < -0.3 is 10.1 Å². The van der Waals surface area contributed by atoms with Crippen LogP contribution in [-0.2, 0) is 11.2 Å². The maximum Gasteiger partial charge on any atom is 0.228 e. The summed E-state index contributed by atoms with van der Waals surface area (Å²) in [6.07, 6.45) is 4.25. The zero-order valence-electron chi connectivity index (χ0n) is 14.2. The first-order chi connectivity index (χ1) is 12.7. The lowest BCUT2D eigenvalue weighted by molar-refractivity contribution is -0.115. The Morgan fingerprint density at radius 1 is 1.19 bits per heavy atom. The van der Waals surface area contributed by atoms with Crippen molar-refractivity contribution in [2.45, 2.75) is 6.42 Å². The average Bonchev–Trinajstić information content (AvgIpc) is 3.25. The second kappa shape index (κ2) is 7.01. The van der Waals surface area contributed by atoms with Crippen molar-refractivity contribution in [3.05, 3.63) is 71.9 Å². The summed E-state index contributed by atoms with van der Waals surface area (Å²) in [4.78, 5) is 18.0. The summed E-state index contributed by atoms with van der Waals surface area (Å²) in [6.45, 7) is 0. The van der Waals surface area contributed by atoms with E-state index in [1.54, 1.807) is 18.4 Å². The minimum absolute atomic E-state index is 0.0661. The van der Waals surface area contributed by atoms with Gasteiger partial charge in [0, 0.05) is 23.3 Å². The normalized spacial score (nSPS) is 10.8. The van der Waals surface area contributed by atoms with Crippen LogP contribution in [0.1, 0.15) is 5.56 Å². The molecule has 4 rings (SSSR count). The smallest absolute Gasteiger partial charge is 0.228 e. The minimum atomic E-state index is -0.0661. The van der Waals surface area contributed by atoms with E-state index in [-0.39, 0.29) is 5.91 Å². The molecule has 0 radical (unpaired) electrons. The highest BCUT2D eigenvalue weighted by Crippen LogP contribution is 2.28. The Hall–Kier alpha value is -3.12. The third-order valence-electron chi connectivity index (χ3n) is 4.09. The zero-order valence-corrected chi connectivity index (χ0v) is 15.0. The van der Waals surface area contributed by atoms with Crippen LogP contribution in [0.3, 0.4) is 0 Å². The van der Waals surface area contributed by atoms with Gasteiger partial charge in [-0.1, -0.05) is 30.3 Å². The van der Waals surface area contributed by atoms with Crippen molar-refractivity contribution in [1.82, 2.24) is 9.38 Å². The number of rotatable bonds is 5. The zero-order chi connectivity index (χ0) is 17.9. The monoisotopic (exact) mass is 363 g/mol. The van der Waals surface area contributed by atoms with Gasteiger partial charge in [0.2, 0.25) is 5.91 Å². The first kappa shape index (κ1) is 16.4. The van der Waals surface area contributed by atoms with Crippen molar-refractivity contribution in [3.63, 3.8) is 0 Å². The second-order valence-electron chi connectivity index (χ2n) is 5.84. The highest BCUT2D eigenvalue weighted by atomic mass is 32.1. The molecule has 0 aliphatic heterocycles. The molecule has 0 bridgehead atoms.